The lowest BCUT2D eigenvalue weighted by molar-refractivity contribution is -0.115. The summed E-state index contributed by atoms with van der Waals surface area (Å²) in [4.78, 5) is 14.9. The number of para-hydroxylation sites is 1. The molecule has 2 aromatic heterocycles. The molecule has 140 valence electrons. The second kappa shape index (κ2) is 8.50. The Balaban J connectivity index is 1.47. The molecule has 4 aromatic rings. The average Bonchev–Trinajstić information content (AvgIpc) is 3.13. The first-order valence-electron chi connectivity index (χ1n) is 8.80. The van der Waals surface area contributed by atoms with Crippen molar-refractivity contribution < 1.29 is 4.79 Å². The molecule has 0 saturated carbocycles. The van der Waals surface area contributed by atoms with Crippen LogP contribution < -0.4 is 5.32 Å². The van der Waals surface area contributed by atoms with Crippen LogP contribution in [-0.4, -0.2) is 25.8 Å². The summed E-state index contributed by atoms with van der Waals surface area (Å²) in [7, 11) is 0. The predicted octanol–water partition coefficient (Wildman–Crippen LogP) is 5.00. The van der Waals surface area contributed by atoms with Gasteiger partial charge in [0.2, 0.25) is 5.91 Å². The molecule has 1 amide bonds. The molecule has 0 unspecified atom stereocenters. The smallest absolute Gasteiger partial charge is 0.237 e. The number of aromatic nitrogens is 3. The van der Waals surface area contributed by atoms with Crippen LogP contribution in [0.2, 0.25) is 0 Å². The lowest BCUT2D eigenvalue weighted by Gasteiger charge is -2.14. The van der Waals surface area contributed by atoms with Crippen molar-refractivity contribution in [1.82, 2.24) is 14.6 Å². The summed E-state index contributed by atoms with van der Waals surface area (Å²) in [6.45, 7) is 1.87. The van der Waals surface area contributed by atoms with E-state index in [1.807, 2.05) is 78.2 Å². The topological polar surface area (TPSA) is 59.3 Å². The van der Waals surface area contributed by atoms with Crippen LogP contribution in [0.1, 0.15) is 6.92 Å². The zero-order valence-electron chi connectivity index (χ0n) is 15.1. The molecule has 1 N–H and O–H groups in total. The number of hydrogen-bond donors (Lipinski definition) is 1. The highest BCUT2D eigenvalue weighted by Crippen LogP contribution is 2.33. The fourth-order valence-corrected chi connectivity index (χ4v) is 4.38. The highest BCUT2D eigenvalue weighted by atomic mass is 32.2. The van der Waals surface area contributed by atoms with Crippen LogP contribution in [0.25, 0.3) is 5.65 Å². The Bertz CT molecular complexity index is 1100. The number of thioether (sulfide) groups is 1. The van der Waals surface area contributed by atoms with E-state index in [-0.39, 0.29) is 11.2 Å². The molecule has 4 rings (SSSR count). The summed E-state index contributed by atoms with van der Waals surface area (Å²) in [5.41, 5.74) is 1.57. The van der Waals surface area contributed by atoms with Gasteiger partial charge in [-0.1, -0.05) is 59.9 Å². The zero-order chi connectivity index (χ0) is 19.3. The maximum atomic E-state index is 12.8. The van der Waals surface area contributed by atoms with E-state index in [1.54, 1.807) is 11.8 Å². The molecule has 5 nitrogen and oxygen atoms in total. The van der Waals surface area contributed by atoms with Crippen LogP contribution in [0.4, 0.5) is 5.69 Å². The van der Waals surface area contributed by atoms with Crippen molar-refractivity contribution in [2.45, 2.75) is 27.1 Å². The van der Waals surface area contributed by atoms with Crippen molar-refractivity contribution in [3.63, 3.8) is 0 Å². The van der Waals surface area contributed by atoms with E-state index in [9.17, 15) is 4.79 Å². The van der Waals surface area contributed by atoms with Crippen LogP contribution in [0.15, 0.2) is 93.9 Å². The molecule has 0 aliphatic heterocycles. The van der Waals surface area contributed by atoms with Crippen molar-refractivity contribution in [3.8, 4) is 0 Å². The molecule has 7 heteroatoms. The van der Waals surface area contributed by atoms with Crippen molar-refractivity contribution in [2.75, 3.05) is 5.32 Å². The minimum atomic E-state index is -0.317. The van der Waals surface area contributed by atoms with Gasteiger partial charge in [0, 0.05) is 16.0 Å². The van der Waals surface area contributed by atoms with Crippen molar-refractivity contribution >= 4 is 40.8 Å². The largest absolute Gasteiger partial charge is 0.324 e. The number of carbonyl (C=O) groups is 1. The monoisotopic (exact) mass is 406 g/mol. The molecule has 0 aliphatic rings. The van der Waals surface area contributed by atoms with E-state index in [4.69, 9.17) is 0 Å². The van der Waals surface area contributed by atoms with Gasteiger partial charge in [0.05, 0.1) is 10.9 Å². The van der Waals surface area contributed by atoms with Crippen molar-refractivity contribution in [3.05, 3.63) is 79.0 Å². The fraction of sp³-hybridized carbons (Fsp3) is 0.0952. The first-order chi connectivity index (χ1) is 13.7. The average molecular weight is 407 g/mol. The lowest BCUT2D eigenvalue weighted by atomic mass is 10.3. The quantitative estimate of drug-likeness (QED) is 0.457. The number of anilines is 1. The first kappa shape index (κ1) is 18.6. The van der Waals surface area contributed by atoms with Gasteiger partial charge in [0.1, 0.15) is 0 Å². The standard InChI is InChI=1S/C21H18N4OS2/c1-15(27-21-24-23-19-13-7-8-14-25(19)21)20(26)22-17-11-5-6-12-18(17)28-16-9-3-2-4-10-16/h2-15H,1H3,(H,22,26)/t15-/m1/s1. The van der Waals surface area contributed by atoms with Gasteiger partial charge in [-0.2, -0.15) is 0 Å². The minimum Gasteiger partial charge on any atom is -0.324 e. The number of amides is 1. The molecule has 0 bridgehead atoms. The number of nitrogens with zero attached hydrogens (tertiary/aromatic N) is 3. The van der Waals surface area contributed by atoms with Crippen molar-refractivity contribution in [2.24, 2.45) is 0 Å². The fourth-order valence-electron chi connectivity index (χ4n) is 2.62. The van der Waals surface area contributed by atoms with Crippen LogP contribution in [0, 0.1) is 0 Å². The molecule has 0 radical (unpaired) electrons. The predicted molar refractivity (Wildman–Crippen MR) is 114 cm³/mol. The summed E-state index contributed by atoms with van der Waals surface area (Å²) >= 11 is 3.01. The van der Waals surface area contributed by atoms with Gasteiger partial charge in [0.25, 0.3) is 0 Å². The molecule has 0 fully saturated rings. The third-order valence-electron chi connectivity index (χ3n) is 4.05. The normalized spacial score (nSPS) is 12.0. The molecular formula is C21H18N4OS2. The summed E-state index contributed by atoms with van der Waals surface area (Å²) in [5.74, 6) is -0.0706. The highest BCUT2D eigenvalue weighted by Gasteiger charge is 2.19. The highest BCUT2D eigenvalue weighted by molar-refractivity contribution is 8.00. The maximum absolute atomic E-state index is 12.8. The zero-order valence-corrected chi connectivity index (χ0v) is 16.8. The molecule has 0 saturated heterocycles. The summed E-state index contributed by atoms with van der Waals surface area (Å²) in [6.07, 6.45) is 1.90. The van der Waals surface area contributed by atoms with E-state index in [2.05, 4.69) is 27.6 Å². The molecule has 28 heavy (non-hydrogen) atoms. The molecule has 0 aliphatic carbocycles. The number of fused-ring (bicyclic) bond motifs is 1. The summed E-state index contributed by atoms with van der Waals surface area (Å²) in [6, 6.07) is 23.7. The van der Waals surface area contributed by atoms with E-state index in [0.717, 1.165) is 21.1 Å². The SMILES string of the molecule is C[C@@H](Sc1nnc2ccccn12)C(=O)Nc1ccccc1Sc1ccccc1. The lowest BCUT2D eigenvalue weighted by Crippen LogP contribution is -2.23. The Labute approximate surface area is 171 Å². The van der Waals surface area contributed by atoms with Crippen LogP contribution in [-0.2, 0) is 4.79 Å². The molecule has 0 spiro atoms. The number of hydrogen-bond acceptors (Lipinski definition) is 5. The van der Waals surface area contributed by atoms with Crippen LogP contribution >= 0.6 is 23.5 Å². The third kappa shape index (κ3) is 4.21. The van der Waals surface area contributed by atoms with Crippen LogP contribution in [0.5, 0.6) is 0 Å². The van der Waals surface area contributed by atoms with Gasteiger partial charge >= 0.3 is 0 Å². The Morgan fingerprint density at radius 1 is 0.964 bits per heavy atom. The summed E-state index contributed by atoms with van der Waals surface area (Å²) in [5, 5.41) is 11.8. The van der Waals surface area contributed by atoms with Crippen LogP contribution in [0.3, 0.4) is 0 Å². The Kier molecular flexibility index (Phi) is 5.64. The maximum Gasteiger partial charge on any atom is 0.237 e. The number of nitrogens with one attached hydrogen (secondary N) is 1. The van der Waals surface area contributed by atoms with E-state index in [1.165, 1.54) is 11.8 Å². The third-order valence-corrected chi connectivity index (χ3v) is 6.19. The number of carbonyl (C=O) groups excluding carboxylic acids is 1. The van der Waals surface area contributed by atoms with Gasteiger partial charge in [-0.25, -0.2) is 0 Å². The Morgan fingerprint density at radius 2 is 1.71 bits per heavy atom. The number of benzene rings is 2. The van der Waals surface area contributed by atoms with Gasteiger partial charge < -0.3 is 5.32 Å². The first-order valence-corrected chi connectivity index (χ1v) is 10.5. The minimum absolute atomic E-state index is 0.0706. The number of pyridine rings is 1. The van der Waals surface area contributed by atoms with Gasteiger partial charge in [-0.3, -0.25) is 9.20 Å². The second-order valence-corrected chi connectivity index (χ2v) is 8.50. The molecule has 2 heterocycles. The summed E-state index contributed by atoms with van der Waals surface area (Å²) < 4.78 is 1.88. The molecule has 1 atom stereocenters. The second-order valence-electron chi connectivity index (χ2n) is 6.07. The Morgan fingerprint density at radius 3 is 2.57 bits per heavy atom. The molecular weight excluding hydrogens is 388 g/mol. The number of rotatable bonds is 6. The van der Waals surface area contributed by atoms with Gasteiger partial charge in [0.15, 0.2) is 10.8 Å². The van der Waals surface area contributed by atoms with E-state index < -0.39 is 0 Å². The van der Waals surface area contributed by atoms with Gasteiger partial charge in [-0.15, -0.1) is 10.2 Å². The van der Waals surface area contributed by atoms with E-state index >= 15 is 0 Å². The van der Waals surface area contributed by atoms with Crippen molar-refractivity contribution in [1.29, 1.82) is 0 Å². The van der Waals surface area contributed by atoms with Gasteiger partial charge in [-0.05, 0) is 43.3 Å². The molecule has 2 aromatic carbocycles. The Hall–Kier alpha value is -2.77. The van der Waals surface area contributed by atoms with E-state index in [0.29, 0.717) is 5.16 Å².